The Balaban J connectivity index is 2.46. The highest BCUT2D eigenvalue weighted by molar-refractivity contribution is 6.31. The first-order chi connectivity index (χ1) is 6.75. The molecule has 14 heavy (non-hydrogen) atoms. The molecule has 0 amide bonds. The van der Waals surface area contributed by atoms with Gasteiger partial charge in [0.25, 0.3) is 0 Å². The second-order valence-corrected chi connectivity index (χ2v) is 4.24. The normalized spacial score (nSPS) is 10.5. The first-order valence-electron chi connectivity index (χ1n) is 5.49. The molecule has 0 aliphatic carbocycles. The van der Waals surface area contributed by atoms with Crippen molar-refractivity contribution in [1.82, 2.24) is 0 Å². The number of rotatable bonds is 5. The topological polar surface area (TPSA) is 0 Å². The van der Waals surface area contributed by atoms with Crippen LogP contribution in [0.25, 0.3) is 0 Å². The Labute approximate surface area is 92.3 Å². The number of halogens is 1. The van der Waals surface area contributed by atoms with Gasteiger partial charge in [-0.1, -0.05) is 49.9 Å². The molecule has 0 aliphatic rings. The number of hydrogen-bond donors (Lipinski definition) is 0. The molecule has 0 aliphatic heterocycles. The summed E-state index contributed by atoms with van der Waals surface area (Å²) in [7, 11) is 0. The first-order valence-corrected chi connectivity index (χ1v) is 5.87. The van der Waals surface area contributed by atoms with E-state index >= 15 is 0 Å². The Kier molecular flexibility index (Phi) is 5.03. The Morgan fingerprint density at radius 2 is 1.93 bits per heavy atom. The Morgan fingerprint density at radius 1 is 1.14 bits per heavy atom. The summed E-state index contributed by atoms with van der Waals surface area (Å²) < 4.78 is 0. The molecular formula is C13H19Cl. The quantitative estimate of drug-likeness (QED) is 0.614. The molecule has 0 saturated carbocycles. The van der Waals surface area contributed by atoms with Crippen molar-refractivity contribution in [1.29, 1.82) is 0 Å². The van der Waals surface area contributed by atoms with E-state index in [0.29, 0.717) is 0 Å². The largest absolute Gasteiger partial charge is 0.0840 e. The SMILES string of the molecule is CCCCCCc1cccc(Cl)c1C. The molecule has 1 aromatic carbocycles. The molecule has 0 aromatic heterocycles. The van der Waals surface area contributed by atoms with Crippen molar-refractivity contribution in [2.75, 3.05) is 0 Å². The minimum atomic E-state index is 0.901. The zero-order valence-electron chi connectivity index (χ0n) is 9.15. The van der Waals surface area contributed by atoms with Gasteiger partial charge in [-0.05, 0) is 37.0 Å². The van der Waals surface area contributed by atoms with E-state index < -0.39 is 0 Å². The van der Waals surface area contributed by atoms with Gasteiger partial charge < -0.3 is 0 Å². The van der Waals surface area contributed by atoms with Crippen LogP contribution in [0.15, 0.2) is 18.2 Å². The third-order valence-corrected chi connectivity index (χ3v) is 3.09. The highest BCUT2D eigenvalue weighted by Crippen LogP contribution is 2.20. The molecule has 0 N–H and O–H groups in total. The summed E-state index contributed by atoms with van der Waals surface area (Å²) in [5.41, 5.74) is 2.67. The van der Waals surface area contributed by atoms with Gasteiger partial charge in [-0.25, -0.2) is 0 Å². The minimum absolute atomic E-state index is 0.901. The molecular weight excluding hydrogens is 192 g/mol. The van der Waals surface area contributed by atoms with E-state index in [1.165, 1.54) is 43.2 Å². The highest BCUT2D eigenvalue weighted by atomic mass is 35.5. The van der Waals surface area contributed by atoms with Crippen molar-refractivity contribution in [3.05, 3.63) is 34.3 Å². The summed E-state index contributed by atoms with van der Waals surface area (Å²) in [6.07, 6.45) is 6.44. The monoisotopic (exact) mass is 210 g/mol. The lowest BCUT2D eigenvalue weighted by Crippen LogP contribution is -1.90. The summed E-state index contributed by atoms with van der Waals surface area (Å²) in [6.45, 7) is 4.35. The molecule has 0 radical (unpaired) electrons. The maximum atomic E-state index is 6.05. The maximum Gasteiger partial charge on any atom is 0.0437 e. The van der Waals surface area contributed by atoms with Gasteiger partial charge in [0.1, 0.15) is 0 Å². The summed E-state index contributed by atoms with van der Waals surface area (Å²) >= 11 is 6.05. The zero-order valence-corrected chi connectivity index (χ0v) is 9.90. The van der Waals surface area contributed by atoms with Gasteiger partial charge in [0.15, 0.2) is 0 Å². The van der Waals surface area contributed by atoms with E-state index in [9.17, 15) is 0 Å². The third kappa shape index (κ3) is 3.34. The van der Waals surface area contributed by atoms with Gasteiger partial charge in [0, 0.05) is 5.02 Å². The van der Waals surface area contributed by atoms with Crippen LogP contribution in [0.4, 0.5) is 0 Å². The molecule has 1 aromatic rings. The van der Waals surface area contributed by atoms with Gasteiger partial charge in [-0.3, -0.25) is 0 Å². The van der Waals surface area contributed by atoms with Gasteiger partial charge >= 0.3 is 0 Å². The van der Waals surface area contributed by atoms with Crippen LogP contribution in [0.3, 0.4) is 0 Å². The molecule has 0 unspecified atom stereocenters. The predicted octanol–water partition coefficient (Wildman–Crippen LogP) is 4.77. The number of benzene rings is 1. The Hall–Kier alpha value is -0.490. The summed E-state index contributed by atoms with van der Waals surface area (Å²) in [6, 6.07) is 6.20. The van der Waals surface area contributed by atoms with E-state index in [4.69, 9.17) is 11.6 Å². The Morgan fingerprint density at radius 3 is 2.64 bits per heavy atom. The van der Waals surface area contributed by atoms with Crippen LogP contribution < -0.4 is 0 Å². The van der Waals surface area contributed by atoms with Gasteiger partial charge in [-0.15, -0.1) is 0 Å². The van der Waals surface area contributed by atoms with Gasteiger partial charge in [0.2, 0.25) is 0 Å². The average Bonchev–Trinajstić information content (AvgIpc) is 2.19. The molecule has 1 rings (SSSR count). The van der Waals surface area contributed by atoms with Crippen LogP contribution in [0, 0.1) is 6.92 Å². The standard InChI is InChI=1S/C13H19Cl/c1-3-4-5-6-8-12-9-7-10-13(14)11(12)2/h7,9-10H,3-6,8H2,1-2H3. The van der Waals surface area contributed by atoms with Crippen LogP contribution in [-0.4, -0.2) is 0 Å². The van der Waals surface area contributed by atoms with Crippen molar-refractivity contribution in [2.45, 2.75) is 46.0 Å². The van der Waals surface area contributed by atoms with Crippen LogP contribution in [0.2, 0.25) is 5.02 Å². The molecule has 0 atom stereocenters. The molecule has 0 spiro atoms. The molecule has 0 bridgehead atoms. The second-order valence-electron chi connectivity index (χ2n) is 3.83. The van der Waals surface area contributed by atoms with E-state index in [1.54, 1.807) is 0 Å². The van der Waals surface area contributed by atoms with Crippen molar-refractivity contribution in [2.24, 2.45) is 0 Å². The van der Waals surface area contributed by atoms with E-state index in [1.807, 2.05) is 12.1 Å². The second kappa shape index (κ2) is 6.08. The lowest BCUT2D eigenvalue weighted by atomic mass is 10.0. The molecule has 0 saturated heterocycles. The predicted molar refractivity (Wildman–Crippen MR) is 64.0 cm³/mol. The van der Waals surface area contributed by atoms with Crippen LogP contribution in [-0.2, 0) is 6.42 Å². The van der Waals surface area contributed by atoms with E-state index in [-0.39, 0.29) is 0 Å². The number of unbranched alkanes of at least 4 members (excludes halogenated alkanes) is 3. The molecule has 0 heterocycles. The highest BCUT2D eigenvalue weighted by Gasteiger charge is 2.00. The zero-order chi connectivity index (χ0) is 10.4. The van der Waals surface area contributed by atoms with Crippen molar-refractivity contribution >= 4 is 11.6 Å². The van der Waals surface area contributed by atoms with E-state index in [2.05, 4.69) is 19.9 Å². The average molecular weight is 211 g/mol. The lowest BCUT2D eigenvalue weighted by Gasteiger charge is -2.06. The molecule has 0 fully saturated rings. The van der Waals surface area contributed by atoms with Gasteiger partial charge in [-0.2, -0.15) is 0 Å². The summed E-state index contributed by atoms with van der Waals surface area (Å²) in [5.74, 6) is 0. The fourth-order valence-corrected chi connectivity index (χ4v) is 1.86. The van der Waals surface area contributed by atoms with Crippen molar-refractivity contribution in [3.8, 4) is 0 Å². The summed E-state index contributed by atoms with van der Waals surface area (Å²) in [4.78, 5) is 0. The van der Waals surface area contributed by atoms with Crippen LogP contribution in [0.1, 0.15) is 43.7 Å². The molecule has 78 valence electrons. The fraction of sp³-hybridized carbons (Fsp3) is 0.538. The molecule has 0 nitrogen and oxygen atoms in total. The first kappa shape index (κ1) is 11.6. The third-order valence-electron chi connectivity index (χ3n) is 2.68. The molecule has 1 heteroatoms. The summed E-state index contributed by atoms with van der Waals surface area (Å²) in [5, 5.41) is 0.901. The van der Waals surface area contributed by atoms with E-state index in [0.717, 1.165) is 5.02 Å². The van der Waals surface area contributed by atoms with Gasteiger partial charge in [0.05, 0.1) is 0 Å². The van der Waals surface area contributed by atoms with Crippen LogP contribution in [0.5, 0.6) is 0 Å². The van der Waals surface area contributed by atoms with Crippen LogP contribution >= 0.6 is 11.6 Å². The van der Waals surface area contributed by atoms with Crippen molar-refractivity contribution in [3.63, 3.8) is 0 Å². The van der Waals surface area contributed by atoms with Crippen molar-refractivity contribution < 1.29 is 0 Å². The minimum Gasteiger partial charge on any atom is -0.0840 e. The fourth-order valence-electron chi connectivity index (χ4n) is 1.67. The Bertz CT molecular complexity index is 279. The smallest absolute Gasteiger partial charge is 0.0437 e. The lowest BCUT2D eigenvalue weighted by molar-refractivity contribution is 0.666. The number of aryl methyl sites for hydroxylation is 1. The maximum absolute atomic E-state index is 6.05. The number of hydrogen-bond acceptors (Lipinski definition) is 0.